The molecule has 0 saturated heterocycles. The van der Waals surface area contributed by atoms with Gasteiger partial charge >= 0.3 is 0 Å². The van der Waals surface area contributed by atoms with E-state index < -0.39 is 0 Å². The smallest absolute Gasteiger partial charge is 0.180 e. The summed E-state index contributed by atoms with van der Waals surface area (Å²) in [7, 11) is 0. The first kappa shape index (κ1) is 11.8. The third-order valence-corrected chi connectivity index (χ3v) is 3.02. The van der Waals surface area contributed by atoms with Crippen molar-refractivity contribution >= 4 is 5.65 Å². The molecule has 0 N–H and O–H groups in total. The molecule has 0 aliphatic carbocycles. The molecule has 3 aromatic rings. The van der Waals surface area contributed by atoms with E-state index in [4.69, 9.17) is 4.74 Å². The Labute approximate surface area is 112 Å². The van der Waals surface area contributed by atoms with E-state index in [1.165, 1.54) is 5.56 Å². The van der Waals surface area contributed by atoms with Crippen LogP contribution >= 0.6 is 0 Å². The van der Waals surface area contributed by atoms with Gasteiger partial charge in [0, 0.05) is 12.4 Å². The standard InChI is InChI=1S/C16H16N2O/c1-11-4-6-14(7-5-11)19-15-8-12(2)9-18-10-13(3)17-16(15)18/h4-10H,1-3H3. The fourth-order valence-electron chi connectivity index (χ4n) is 2.13. The number of ether oxygens (including phenoxy) is 1. The van der Waals surface area contributed by atoms with E-state index in [2.05, 4.69) is 25.0 Å². The maximum Gasteiger partial charge on any atom is 0.180 e. The Kier molecular flexibility index (Phi) is 2.75. The van der Waals surface area contributed by atoms with Gasteiger partial charge in [0.2, 0.25) is 0 Å². The van der Waals surface area contributed by atoms with Crippen LogP contribution in [-0.4, -0.2) is 9.38 Å². The molecule has 0 spiro atoms. The first-order valence-electron chi connectivity index (χ1n) is 6.32. The van der Waals surface area contributed by atoms with Crippen molar-refractivity contribution in [2.45, 2.75) is 20.8 Å². The van der Waals surface area contributed by atoms with Crippen LogP contribution in [0.3, 0.4) is 0 Å². The molecule has 2 heterocycles. The molecule has 0 aliphatic heterocycles. The zero-order valence-electron chi connectivity index (χ0n) is 11.3. The van der Waals surface area contributed by atoms with Crippen LogP contribution in [0.15, 0.2) is 42.7 Å². The Morgan fingerprint density at radius 3 is 2.42 bits per heavy atom. The van der Waals surface area contributed by atoms with Crippen molar-refractivity contribution in [2.75, 3.05) is 0 Å². The molecule has 0 saturated carbocycles. The minimum Gasteiger partial charge on any atom is -0.453 e. The highest BCUT2D eigenvalue weighted by molar-refractivity contribution is 5.57. The van der Waals surface area contributed by atoms with E-state index in [1.54, 1.807) is 0 Å². The lowest BCUT2D eigenvalue weighted by Gasteiger charge is -2.08. The normalized spacial score (nSPS) is 10.9. The fourth-order valence-corrected chi connectivity index (χ4v) is 2.13. The average molecular weight is 252 g/mol. The molecule has 1 aromatic carbocycles. The second-order valence-electron chi connectivity index (χ2n) is 4.91. The lowest BCUT2D eigenvalue weighted by Crippen LogP contribution is -1.92. The zero-order chi connectivity index (χ0) is 13.4. The SMILES string of the molecule is Cc1ccc(Oc2cc(C)cn3cc(C)nc23)cc1. The number of aromatic nitrogens is 2. The lowest BCUT2D eigenvalue weighted by atomic mass is 10.2. The summed E-state index contributed by atoms with van der Waals surface area (Å²) in [4.78, 5) is 4.51. The average Bonchev–Trinajstić information content (AvgIpc) is 2.72. The number of imidazole rings is 1. The number of rotatable bonds is 2. The summed E-state index contributed by atoms with van der Waals surface area (Å²) in [5.41, 5.74) is 4.20. The molecular weight excluding hydrogens is 236 g/mol. The van der Waals surface area contributed by atoms with E-state index in [0.29, 0.717) is 0 Å². The van der Waals surface area contributed by atoms with Crippen LogP contribution < -0.4 is 4.74 Å². The molecule has 3 heteroatoms. The van der Waals surface area contributed by atoms with Crippen molar-refractivity contribution < 1.29 is 4.74 Å². The second-order valence-corrected chi connectivity index (χ2v) is 4.91. The third kappa shape index (κ3) is 2.32. The number of hydrogen-bond donors (Lipinski definition) is 0. The van der Waals surface area contributed by atoms with Gasteiger partial charge in [-0.2, -0.15) is 0 Å². The number of hydrogen-bond acceptors (Lipinski definition) is 2. The molecule has 0 fully saturated rings. The molecule has 19 heavy (non-hydrogen) atoms. The van der Waals surface area contributed by atoms with Crippen LogP contribution in [0, 0.1) is 20.8 Å². The number of aryl methyl sites for hydroxylation is 3. The van der Waals surface area contributed by atoms with Gasteiger partial charge < -0.3 is 9.14 Å². The molecule has 0 unspecified atom stereocenters. The van der Waals surface area contributed by atoms with Crippen molar-refractivity contribution in [3.05, 3.63) is 59.5 Å². The minimum absolute atomic E-state index is 0.789. The van der Waals surface area contributed by atoms with Crippen molar-refractivity contribution in [2.24, 2.45) is 0 Å². The highest BCUT2D eigenvalue weighted by atomic mass is 16.5. The molecule has 0 atom stereocenters. The van der Waals surface area contributed by atoms with Gasteiger partial charge in [-0.25, -0.2) is 4.98 Å². The van der Waals surface area contributed by atoms with E-state index in [-0.39, 0.29) is 0 Å². The highest BCUT2D eigenvalue weighted by Crippen LogP contribution is 2.27. The first-order valence-corrected chi connectivity index (χ1v) is 6.32. The predicted octanol–water partition coefficient (Wildman–Crippen LogP) is 4.05. The van der Waals surface area contributed by atoms with Gasteiger partial charge in [0.15, 0.2) is 11.4 Å². The molecule has 0 aliphatic rings. The van der Waals surface area contributed by atoms with Gasteiger partial charge in [-0.1, -0.05) is 17.7 Å². The van der Waals surface area contributed by atoms with Crippen molar-refractivity contribution in [1.82, 2.24) is 9.38 Å². The van der Waals surface area contributed by atoms with Crippen molar-refractivity contribution in [3.8, 4) is 11.5 Å². The Morgan fingerprint density at radius 2 is 1.68 bits per heavy atom. The Balaban J connectivity index is 2.06. The van der Waals surface area contributed by atoms with Crippen molar-refractivity contribution in [1.29, 1.82) is 0 Å². The maximum absolute atomic E-state index is 5.96. The number of fused-ring (bicyclic) bond motifs is 1. The van der Waals surface area contributed by atoms with E-state index in [9.17, 15) is 0 Å². The summed E-state index contributed by atoms with van der Waals surface area (Å²) in [6.45, 7) is 6.10. The number of benzene rings is 1. The van der Waals surface area contributed by atoms with E-state index >= 15 is 0 Å². The molecule has 0 radical (unpaired) electrons. The highest BCUT2D eigenvalue weighted by Gasteiger charge is 2.08. The van der Waals surface area contributed by atoms with Gasteiger partial charge in [-0.05, 0) is 44.5 Å². The Bertz CT molecular complexity index is 726. The number of pyridine rings is 1. The minimum atomic E-state index is 0.789. The maximum atomic E-state index is 5.96. The zero-order valence-corrected chi connectivity index (χ0v) is 11.3. The monoisotopic (exact) mass is 252 g/mol. The predicted molar refractivity (Wildman–Crippen MR) is 75.9 cm³/mol. The second kappa shape index (κ2) is 4.43. The van der Waals surface area contributed by atoms with Crippen LogP contribution in [0.4, 0.5) is 0 Å². The van der Waals surface area contributed by atoms with E-state index in [0.717, 1.165) is 28.4 Å². The summed E-state index contributed by atoms with van der Waals surface area (Å²) in [5, 5.41) is 0. The summed E-state index contributed by atoms with van der Waals surface area (Å²) in [6.07, 6.45) is 4.06. The van der Waals surface area contributed by atoms with Gasteiger partial charge in [0.25, 0.3) is 0 Å². The van der Waals surface area contributed by atoms with Gasteiger partial charge in [-0.15, -0.1) is 0 Å². The van der Waals surface area contributed by atoms with Crippen LogP contribution in [-0.2, 0) is 0 Å². The van der Waals surface area contributed by atoms with Crippen LogP contribution in [0.5, 0.6) is 11.5 Å². The third-order valence-electron chi connectivity index (χ3n) is 3.02. The van der Waals surface area contributed by atoms with Gasteiger partial charge in [-0.3, -0.25) is 0 Å². The Hall–Kier alpha value is -2.29. The van der Waals surface area contributed by atoms with Crippen LogP contribution in [0.2, 0.25) is 0 Å². The van der Waals surface area contributed by atoms with Gasteiger partial charge in [0.1, 0.15) is 5.75 Å². The topological polar surface area (TPSA) is 26.5 Å². The van der Waals surface area contributed by atoms with Crippen LogP contribution in [0.1, 0.15) is 16.8 Å². The summed E-state index contributed by atoms with van der Waals surface area (Å²) < 4.78 is 7.97. The summed E-state index contributed by atoms with van der Waals surface area (Å²) >= 11 is 0. The first-order chi connectivity index (χ1) is 9.11. The molecule has 0 bridgehead atoms. The lowest BCUT2D eigenvalue weighted by molar-refractivity contribution is 0.484. The van der Waals surface area contributed by atoms with Gasteiger partial charge in [0.05, 0.1) is 5.69 Å². The molecule has 2 aromatic heterocycles. The van der Waals surface area contributed by atoms with E-state index in [1.807, 2.05) is 47.9 Å². The largest absolute Gasteiger partial charge is 0.453 e. The summed E-state index contributed by atoms with van der Waals surface area (Å²) in [5.74, 6) is 1.62. The molecule has 3 rings (SSSR count). The fraction of sp³-hybridized carbons (Fsp3) is 0.188. The number of nitrogens with zero attached hydrogens (tertiary/aromatic N) is 2. The summed E-state index contributed by atoms with van der Waals surface area (Å²) in [6, 6.07) is 10.0. The quantitative estimate of drug-likeness (QED) is 0.687. The molecular formula is C16H16N2O. The van der Waals surface area contributed by atoms with Crippen molar-refractivity contribution in [3.63, 3.8) is 0 Å². The molecule has 0 amide bonds. The molecule has 96 valence electrons. The van der Waals surface area contributed by atoms with Crippen LogP contribution in [0.25, 0.3) is 5.65 Å². The molecule has 3 nitrogen and oxygen atoms in total. The Morgan fingerprint density at radius 1 is 0.947 bits per heavy atom.